The van der Waals surface area contributed by atoms with Gasteiger partial charge < -0.3 is 10.4 Å². The maximum atomic E-state index is 9.47. The van der Waals surface area contributed by atoms with Gasteiger partial charge in [0.1, 0.15) is 0 Å². The number of piperidine rings is 1. The molecule has 15 heavy (non-hydrogen) atoms. The fourth-order valence-corrected chi connectivity index (χ4v) is 3.16. The van der Waals surface area contributed by atoms with E-state index in [4.69, 9.17) is 0 Å². The summed E-state index contributed by atoms with van der Waals surface area (Å²) in [6.45, 7) is 6.32. The molecule has 3 nitrogen and oxygen atoms in total. The van der Waals surface area contributed by atoms with Crippen molar-refractivity contribution in [2.24, 2.45) is 5.92 Å². The number of hydrogen-bond donors (Lipinski definition) is 2. The van der Waals surface area contributed by atoms with Crippen molar-refractivity contribution in [3.8, 4) is 0 Å². The lowest BCUT2D eigenvalue weighted by Gasteiger charge is -2.34. The highest BCUT2D eigenvalue weighted by Gasteiger charge is 2.32. The molecule has 0 amide bonds. The maximum Gasteiger partial charge on any atom is 0.0639 e. The van der Waals surface area contributed by atoms with E-state index in [9.17, 15) is 5.11 Å². The van der Waals surface area contributed by atoms with Gasteiger partial charge in [0.2, 0.25) is 0 Å². The van der Waals surface area contributed by atoms with Gasteiger partial charge in [0.15, 0.2) is 0 Å². The van der Waals surface area contributed by atoms with Crippen LogP contribution in [-0.2, 0) is 0 Å². The molecule has 0 spiro atoms. The summed E-state index contributed by atoms with van der Waals surface area (Å²) in [4.78, 5) is 2.50. The van der Waals surface area contributed by atoms with Crippen molar-refractivity contribution in [2.75, 3.05) is 26.2 Å². The molecule has 2 aliphatic rings. The van der Waals surface area contributed by atoms with Gasteiger partial charge in [-0.15, -0.1) is 0 Å². The smallest absolute Gasteiger partial charge is 0.0639 e. The second-order valence-electron chi connectivity index (χ2n) is 5.16. The molecule has 3 atom stereocenters. The molecule has 0 radical (unpaired) electrons. The van der Waals surface area contributed by atoms with Gasteiger partial charge in [0.25, 0.3) is 0 Å². The first kappa shape index (κ1) is 11.4. The molecule has 0 aromatic carbocycles. The van der Waals surface area contributed by atoms with Crippen LogP contribution in [0.2, 0.25) is 0 Å². The van der Waals surface area contributed by atoms with Crippen LogP contribution in [0.15, 0.2) is 0 Å². The van der Waals surface area contributed by atoms with Gasteiger partial charge in [-0.1, -0.05) is 0 Å². The van der Waals surface area contributed by atoms with E-state index >= 15 is 0 Å². The highest BCUT2D eigenvalue weighted by molar-refractivity contribution is 4.88. The Hall–Kier alpha value is -0.120. The summed E-state index contributed by atoms with van der Waals surface area (Å²) in [7, 11) is 0. The zero-order chi connectivity index (χ0) is 10.7. The van der Waals surface area contributed by atoms with Crippen LogP contribution in [-0.4, -0.2) is 48.3 Å². The summed E-state index contributed by atoms with van der Waals surface area (Å²) in [5.41, 5.74) is 0. The van der Waals surface area contributed by atoms with Crippen LogP contribution >= 0.6 is 0 Å². The van der Waals surface area contributed by atoms with Crippen molar-refractivity contribution in [2.45, 2.75) is 44.8 Å². The summed E-state index contributed by atoms with van der Waals surface area (Å²) in [6.07, 6.45) is 5.16. The molecule has 0 aliphatic carbocycles. The summed E-state index contributed by atoms with van der Waals surface area (Å²) in [5, 5.41) is 13.0. The maximum absolute atomic E-state index is 9.47. The first-order valence-electron chi connectivity index (χ1n) is 6.40. The summed E-state index contributed by atoms with van der Waals surface area (Å²) >= 11 is 0. The van der Waals surface area contributed by atoms with Gasteiger partial charge in [-0.05, 0) is 58.2 Å². The highest BCUT2D eigenvalue weighted by Crippen LogP contribution is 2.28. The van der Waals surface area contributed by atoms with Crippen molar-refractivity contribution >= 4 is 0 Å². The summed E-state index contributed by atoms with van der Waals surface area (Å²) < 4.78 is 0. The first-order chi connectivity index (χ1) is 7.27. The molecule has 0 bridgehead atoms. The monoisotopic (exact) mass is 212 g/mol. The average Bonchev–Trinajstić information content (AvgIpc) is 2.66. The molecule has 2 saturated heterocycles. The highest BCUT2D eigenvalue weighted by atomic mass is 16.3. The number of rotatable bonds is 3. The Labute approximate surface area is 92.8 Å². The van der Waals surface area contributed by atoms with Crippen LogP contribution in [0.4, 0.5) is 0 Å². The molecule has 2 fully saturated rings. The first-order valence-corrected chi connectivity index (χ1v) is 6.40. The molecule has 0 saturated carbocycles. The molecule has 2 heterocycles. The number of nitrogens with zero attached hydrogens (tertiary/aromatic N) is 1. The average molecular weight is 212 g/mol. The number of hydrogen-bond acceptors (Lipinski definition) is 3. The van der Waals surface area contributed by atoms with Crippen molar-refractivity contribution in [3.05, 3.63) is 0 Å². The molecule has 2 N–H and O–H groups in total. The zero-order valence-corrected chi connectivity index (χ0v) is 9.78. The second-order valence-corrected chi connectivity index (χ2v) is 5.16. The molecule has 2 rings (SSSR count). The third kappa shape index (κ3) is 2.92. The van der Waals surface area contributed by atoms with E-state index in [2.05, 4.69) is 10.2 Å². The number of likely N-dealkylation sites (tertiary alicyclic amines) is 1. The van der Waals surface area contributed by atoms with E-state index in [0.717, 1.165) is 18.5 Å². The van der Waals surface area contributed by atoms with Crippen LogP contribution in [0.3, 0.4) is 0 Å². The molecule has 88 valence electrons. The lowest BCUT2D eigenvalue weighted by atomic mass is 9.90. The Kier molecular flexibility index (Phi) is 4.00. The fraction of sp³-hybridized carbons (Fsp3) is 1.00. The predicted octanol–water partition coefficient (Wildman–Crippen LogP) is 0.831. The molecule has 3 unspecified atom stereocenters. The number of nitrogens with one attached hydrogen (secondary N) is 1. The Balaban J connectivity index is 1.88. The third-order valence-corrected chi connectivity index (χ3v) is 3.79. The van der Waals surface area contributed by atoms with Crippen molar-refractivity contribution in [1.29, 1.82) is 0 Å². The van der Waals surface area contributed by atoms with E-state index < -0.39 is 0 Å². The van der Waals surface area contributed by atoms with Gasteiger partial charge >= 0.3 is 0 Å². The molecule has 2 aliphatic heterocycles. The molecular weight excluding hydrogens is 188 g/mol. The van der Waals surface area contributed by atoms with E-state index in [0.29, 0.717) is 0 Å². The van der Waals surface area contributed by atoms with Crippen LogP contribution in [0.1, 0.15) is 32.6 Å². The molecule has 3 heteroatoms. The summed E-state index contributed by atoms with van der Waals surface area (Å²) in [5.74, 6) is 0.819. The zero-order valence-electron chi connectivity index (χ0n) is 9.78. The van der Waals surface area contributed by atoms with Gasteiger partial charge in [-0.3, -0.25) is 4.90 Å². The Morgan fingerprint density at radius 1 is 1.40 bits per heavy atom. The topological polar surface area (TPSA) is 35.5 Å². The van der Waals surface area contributed by atoms with E-state index in [-0.39, 0.29) is 6.10 Å². The molecular formula is C12H24N2O. The third-order valence-electron chi connectivity index (χ3n) is 3.79. The standard InChI is InChI=1S/C12H24N2O/c1-10(15)9-14-7-3-5-12(14)11-4-2-6-13-8-11/h10-13,15H,2-9H2,1H3. The van der Waals surface area contributed by atoms with Crippen molar-refractivity contribution in [1.82, 2.24) is 10.2 Å². The van der Waals surface area contributed by atoms with Gasteiger partial charge in [-0.25, -0.2) is 0 Å². The largest absolute Gasteiger partial charge is 0.392 e. The lowest BCUT2D eigenvalue weighted by molar-refractivity contribution is 0.0931. The summed E-state index contributed by atoms with van der Waals surface area (Å²) in [6, 6.07) is 0.729. The minimum atomic E-state index is -0.179. The quantitative estimate of drug-likeness (QED) is 0.727. The lowest BCUT2D eigenvalue weighted by Crippen LogP contribution is -2.45. The molecule has 0 aromatic rings. The SMILES string of the molecule is CC(O)CN1CCCC1C1CCCNC1. The van der Waals surface area contributed by atoms with Gasteiger partial charge in [-0.2, -0.15) is 0 Å². The van der Waals surface area contributed by atoms with E-state index in [1.165, 1.54) is 45.3 Å². The van der Waals surface area contributed by atoms with Crippen LogP contribution in [0, 0.1) is 5.92 Å². The number of aliphatic hydroxyl groups excluding tert-OH is 1. The molecule has 0 aromatic heterocycles. The second kappa shape index (κ2) is 5.28. The van der Waals surface area contributed by atoms with Crippen molar-refractivity contribution in [3.63, 3.8) is 0 Å². The minimum absolute atomic E-state index is 0.179. The van der Waals surface area contributed by atoms with Crippen molar-refractivity contribution < 1.29 is 5.11 Å². The van der Waals surface area contributed by atoms with Gasteiger partial charge in [0.05, 0.1) is 6.10 Å². The Bertz CT molecular complexity index is 190. The van der Waals surface area contributed by atoms with Crippen LogP contribution in [0.25, 0.3) is 0 Å². The van der Waals surface area contributed by atoms with E-state index in [1.54, 1.807) is 0 Å². The normalized spacial score (nSPS) is 35.6. The predicted molar refractivity (Wildman–Crippen MR) is 61.9 cm³/mol. The number of aliphatic hydroxyl groups is 1. The fourth-order valence-electron chi connectivity index (χ4n) is 3.16. The Morgan fingerprint density at radius 3 is 2.93 bits per heavy atom. The number of β-amino-alcohol motifs (C(OH)–C–C–N with tert-alkyl or cyclic N) is 1. The van der Waals surface area contributed by atoms with Crippen LogP contribution < -0.4 is 5.32 Å². The minimum Gasteiger partial charge on any atom is -0.392 e. The van der Waals surface area contributed by atoms with Gasteiger partial charge in [0, 0.05) is 12.6 Å². The Morgan fingerprint density at radius 2 is 2.27 bits per heavy atom. The van der Waals surface area contributed by atoms with Crippen LogP contribution in [0.5, 0.6) is 0 Å². The van der Waals surface area contributed by atoms with E-state index in [1.807, 2.05) is 6.92 Å².